The van der Waals surface area contributed by atoms with Crippen LogP contribution in [0.3, 0.4) is 0 Å². The lowest BCUT2D eigenvalue weighted by Crippen LogP contribution is -2.04. The first-order valence-corrected chi connectivity index (χ1v) is 9.88. The molecule has 0 saturated heterocycles. The number of esters is 1. The number of ether oxygens (including phenoxy) is 1. The van der Waals surface area contributed by atoms with E-state index in [4.69, 9.17) is 9.72 Å². The fourth-order valence-electron chi connectivity index (χ4n) is 2.84. The van der Waals surface area contributed by atoms with Crippen LogP contribution in [-0.2, 0) is 11.3 Å². The van der Waals surface area contributed by atoms with Gasteiger partial charge in [0, 0.05) is 11.4 Å². The molecule has 26 heavy (non-hydrogen) atoms. The zero-order valence-corrected chi connectivity index (χ0v) is 16.0. The number of fused-ring (bicyclic) bond motifs is 1. The molecule has 0 fully saturated rings. The maximum Gasteiger partial charge on any atom is 0.338 e. The summed E-state index contributed by atoms with van der Waals surface area (Å²) >= 11 is 1.73. The lowest BCUT2D eigenvalue weighted by atomic mass is 10.2. The first-order valence-electron chi connectivity index (χ1n) is 8.65. The van der Waals surface area contributed by atoms with Crippen molar-refractivity contribution in [1.29, 1.82) is 0 Å². The molecule has 0 N–H and O–H groups in total. The Kier molecular flexibility index (Phi) is 5.78. The molecule has 5 heteroatoms. The second-order valence-corrected chi connectivity index (χ2v) is 6.62. The Bertz CT molecular complexity index is 943. The van der Waals surface area contributed by atoms with Crippen molar-refractivity contribution in [2.24, 2.45) is 0 Å². The van der Waals surface area contributed by atoms with Gasteiger partial charge in [-0.3, -0.25) is 0 Å². The van der Waals surface area contributed by atoms with Crippen molar-refractivity contribution in [3.8, 4) is 0 Å². The lowest BCUT2D eigenvalue weighted by molar-refractivity contribution is 0.0526. The zero-order chi connectivity index (χ0) is 18.5. The van der Waals surface area contributed by atoms with Gasteiger partial charge in [-0.05, 0) is 62.1 Å². The van der Waals surface area contributed by atoms with Crippen molar-refractivity contribution in [3.63, 3.8) is 0 Å². The summed E-state index contributed by atoms with van der Waals surface area (Å²) in [6.07, 6.45) is 6.14. The molecule has 0 saturated carbocycles. The molecule has 0 atom stereocenters. The number of aryl methyl sites for hydroxylation is 1. The highest BCUT2D eigenvalue weighted by atomic mass is 32.2. The molecule has 3 aromatic rings. The van der Waals surface area contributed by atoms with E-state index in [1.165, 1.54) is 4.90 Å². The molecule has 0 aliphatic rings. The van der Waals surface area contributed by atoms with Crippen molar-refractivity contribution in [3.05, 3.63) is 59.4 Å². The Balaban J connectivity index is 1.94. The Hall–Kier alpha value is -2.53. The molecule has 134 valence electrons. The minimum Gasteiger partial charge on any atom is -0.462 e. The second-order valence-electron chi connectivity index (χ2n) is 5.74. The SMILES string of the molecule is CCOC(=O)c1ccc2c(c1)nc(C=Cc1ccc(SC)cc1)n2CC. The van der Waals surface area contributed by atoms with Gasteiger partial charge in [-0.1, -0.05) is 18.2 Å². The van der Waals surface area contributed by atoms with Crippen LogP contribution >= 0.6 is 11.8 Å². The van der Waals surface area contributed by atoms with E-state index >= 15 is 0 Å². The average Bonchev–Trinajstić information content (AvgIpc) is 3.03. The van der Waals surface area contributed by atoms with E-state index < -0.39 is 0 Å². The van der Waals surface area contributed by atoms with Crippen LogP contribution < -0.4 is 0 Å². The molecule has 0 amide bonds. The maximum absolute atomic E-state index is 11.9. The highest BCUT2D eigenvalue weighted by molar-refractivity contribution is 7.98. The average molecular weight is 366 g/mol. The minimum absolute atomic E-state index is 0.313. The van der Waals surface area contributed by atoms with Gasteiger partial charge < -0.3 is 9.30 Å². The predicted molar refractivity (Wildman–Crippen MR) is 109 cm³/mol. The van der Waals surface area contributed by atoms with Gasteiger partial charge in [0.25, 0.3) is 0 Å². The van der Waals surface area contributed by atoms with Gasteiger partial charge in [-0.25, -0.2) is 9.78 Å². The summed E-state index contributed by atoms with van der Waals surface area (Å²) in [6.45, 7) is 5.06. The molecule has 3 rings (SSSR count). The molecule has 0 spiro atoms. The quantitative estimate of drug-likeness (QED) is 0.448. The standard InChI is InChI=1S/C21H22N2O2S/c1-4-23-19-12-9-16(21(24)25-5-2)14-18(19)22-20(23)13-8-15-6-10-17(26-3)11-7-15/h6-14H,4-5H2,1-3H3. The summed E-state index contributed by atoms with van der Waals surface area (Å²) in [7, 11) is 0. The van der Waals surface area contributed by atoms with Crippen molar-refractivity contribution in [2.45, 2.75) is 25.3 Å². The van der Waals surface area contributed by atoms with E-state index in [0.717, 1.165) is 29.0 Å². The third kappa shape index (κ3) is 3.83. The van der Waals surface area contributed by atoms with Crippen LogP contribution in [0.1, 0.15) is 35.6 Å². The van der Waals surface area contributed by atoms with E-state index in [1.54, 1.807) is 30.8 Å². The number of nitrogens with zero attached hydrogens (tertiary/aromatic N) is 2. The number of thioether (sulfide) groups is 1. The molecule has 4 nitrogen and oxygen atoms in total. The summed E-state index contributed by atoms with van der Waals surface area (Å²) in [5.41, 5.74) is 3.47. The van der Waals surface area contributed by atoms with E-state index in [1.807, 2.05) is 12.1 Å². The number of aromatic nitrogens is 2. The van der Waals surface area contributed by atoms with Crippen molar-refractivity contribution >= 4 is 40.9 Å². The normalized spacial score (nSPS) is 11.3. The number of benzene rings is 2. The van der Waals surface area contributed by atoms with Gasteiger partial charge >= 0.3 is 5.97 Å². The summed E-state index contributed by atoms with van der Waals surface area (Å²) < 4.78 is 7.21. The monoisotopic (exact) mass is 366 g/mol. The van der Waals surface area contributed by atoms with Crippen LogP contribution in [0.15, 0.2) is 47.4 Å². The predicted octanol–water partition coefficient (Wildman–Crippen LogP) is 5.13. The summed E-state index contributed by atoms with van der Waals surface area (Å²) in [5, 5.41) is 0. The highest BCUT2D eigenvalue weighted by Crippen LogP contribution is 2.21. The molecule has 0 bridgehead atoms. The van der Waals surface area contributed by atoms with Crippen LogP contribution in [0, 0.1) is 0 Å². The molecular formula is C21H22N2O2S. The Morgan fingerprint density at radius 3 is 2.58 bits per heavy atom. The van der Waals surface area contributed by atoms with E-state index in [0.29, 0.717) is 12.2 Å². The third-order valence-electron chi connectivity index (χ3n) is 4.15. The maximum atomic E-state index is 11.9. The van der Waals surface area contributed by atoms with Crippen LogP contribution in [0.25, 0.3) is 23.2 Å². The number of rotatable bonds is 6. The molecule has 1 aromatic heterocycles. The fraction of sp³-hybridized carbons (Fsp3) is 0.238. The smallest absolute Gasteiger partial charge is 0.338 e. The Morgan fingerprint density at radius 2 is 1.92 bits per heavy atom. The first kappa shape index (κ1) is 18.3. The zero-order valence-electron chi connectivity index (χ0n) is 15.2. The highest BCUT2D eigenvalue weighted by Gasteiger charge is 2.12. The molecule has 1 heterocycles. The number of carbonyl (C=O) groups is 1. The first-order chi connectivity index (χ1) is 12.7. The summed E-state index contributed by atoms with van der Waals surface area (Å²) in [6, 6.07) is 13.9. The van der Waals surface area contributed by atoms with Gasteiger partial charge in [-0.2, -0.15) is 0 Å². The molecular weight excluding hydrogens is 344 g/mol. The summed E-state index contributed by atoms with van der Waals surface area (Å²) in [5.74, 6) is 0.559. The number of hydrogen-bond acceptors (Lipinski definition) is 4. The van der Waals surface area contributed by atoms with E-state index in [-0.39, 0.29) is 5.97 Å². The Morgan fingerprint density at radius 1 is 1.15 bits per heavy atom. The summed E-state index contributed by atoms with van der Waals surface area (Å²) in [4.78, 5) is 17.9. The third-order valence-corrected chi connectivity index (χ3v) is 4.89. The van der Waals surface area contributed by atoms with Gasteiger partial charge in [0.05, 0.1) is 23.2 Å². The number of imidazole rings is 1. The van der Waals surface area contributed by atoms with Crippen LogP contribution in [-0.4, -0.2) is 28.4 Å². The van der Waals surface area contributed by atoms with Gasteiger partial charge in [0.2, 0.25) is 0 Å². The largest absolute Gasteiger partial charge is 0.462 e. The molecule has 0 aliphatic carbocycles. The number of hydrogen-bond donors (Lipinski definition) is 0. The van der Waals surface area contributed by atoms with Crippen molar-refractivity contribution < 1.29 is 9.53 Å². The van der Waals surface area contributed by atoms with E-state index in [9.17, 15) is 4.79 Å². The second kappa shape index (κ2) is 8.23. The van der Waals surface area contributed by atoms with Gasteiger partial charge in [0.15, 0.2) is 0 Å². The fourth-order valence-corrected chi connectivity index (χ4v) is 3.24. The van der Waals surface area contributed by atoms with E-state index in [2.05, 4.69) is 48.1 Å². The van der Waals surface area contributed by atoms with Gasteiger partial charge in [0.1, 0.15) is 5.82 Å². The lowest BCUT2D eigenvalue weighted by Gasteiger charge is -2.04. The molecule has 0 radical (unpaired) electrons. The number of carbonyl (C=O) groups excluding carboxylic acids is 1. The molecule has 0 aliphatic heterocycles. The Labute approximate surface area is 157 Å². The molecule has 0 unspecified atom stereocenters. The van der Waals surface area contributed by atoms with Gasteiger partial charge in [-0.15, -0.1) is 11.8 Å². The van der Waals surface area contributed by atoms with Crippen molar-refractivity contribution in [2.75, 3.05) is 12.9 Å². The van der Waals surface area contributed by atoms with Crippen LogP contribution in [0.4, 0.5) is 0 Å². The molecule has 2 aromatic carbocycles. The van der Waals surface area contributed by atoms with Crippen LogP contribution in [0.5, 0.6) is 0 Å². The van der Waals surface area contributed by atoms with Crippen molar-refractivity contribution in [1.82, 2.24) is 9.55 Å². The minimum atomic E-state index is -0.313. The van der Waals surface area contributed by atoms with Crippen LogP contribution in [0.2, 0.25) is 0 Å². The topological polar surface area (TPSA) is 44.1 Å².